The third kappa shape index (κ3) is 5.47. The van der Waals surface area contributed by atoms with Crippen LogP contribution >= 0.6 is 0 Å². The van der Waals surface area contributed by atoms with Crippen LogP contribution in [0.5, 0.6) is 11.5 Å². The van der Waals surface area contributed by atoms with E-state index in [4.69, 9.17) is 15.2 Å². The molecule has 2 heterocycles. The van der Waals surface area contributed by atoms with E-state index in [1.807, 2.05) is 30.3 Å². The van der Waals surface area contributed by atoms with E-state index in [1.54, 1.807) is 35.4 Å². The molecule has 1 saturated heterocycles. The van der Waals surface area contributed by atoms with Crippen LogP contribution in [0.25, 0.3) is 10.9 Å². The van der Waals surface area contributed by atoms with E-state index >= 15 is 0 Å². The van der Waals surface area contributed by atoms with Gasteiger partial charge in [0.15, 0.2) is 6.61 Å². The standard InChI is InChI=1S/C27H29N5O5S/c1-36-21-6-9-23(10-7-21)38(34,35)30-19-2-4-20(5-3-19)31-12-14-32(15-13-31)27(33)18-37-22-8-11-26-24(16-22)25(28)17-29-26/h2-11,16-17,29-30H,12-15,18,28H2,1H3. The number of carbonyl (C=O) groups is 1. The van der Waals surface area contributed by atoms with Gasteiger partial charge in [-0.2, -0.15) is 0 Å². The summed E-state index contributed by atoms with van der Waals surface area (Å²) in [6, 6.07) is 18.9. The second kappa shape index (κ2) is 10.5. The Morgan fingerprint density at radius 2 is 1.66 bits per heavy atom. The molecule has 1 aliphatic heterocycles. The van der Waals surface area contributed by atoms with Crippen LogP contribution in [-0.4, -0.2) is 64.1 Å². The van der Waals surface area contributed by atoms with Gasteiger partial charge in [-0.15, -0.1) is 0 Å². The fourth-order valence-corrected chi connectivity index (χ4v) is 5.43. The van der Waals surface area contributed by atoms with Crippen molar-refractivity contribution in [1.82, 2.24) is 9.88 Å². The van der Waals surface area contributed by atoms with Crippen molar-refractivity contribution in [2.45, 2.75) is 4.90 Å². The van der Waals surface area contributed by atoms with Crippen molar-refractivity contribution in [3.05, 3.63) is 72.9 Å². The lowest BCUT2D eigenvalue weighted by molar-refractivity contribution is -0.133. The zero-order chi connectivity index (χ0) is 26.7. The predicted octanol–water partition coefficient (Wildman–Crippen LogP) is 3.29. The number of carbonyl (C=O) groups excluding carboxylic acids is 1. The molecule has 0 unspecified atom stereocenters. The molecule has 38 heavy (non-hydrogen) atoms. The van der Waals surface area contributed by atoms with Gasteiger partial charge in [0.2, 0.25) is 0 Å². The summed E-state index contributed by atoms with van der Waals surface area (Å²) in [4.78, 5) is 19.9. The zero-order valence-corrected chi connectivity index (χ0v) is 21.7. The average molecular weight is 536 g/mol. The largest absolute Gasteiger partial charge is 0.497 e. The number of piperazine rings is 1. The quantitative estimate of drug-likeness (QED) is 0.316. The van der Waals surface area contributed by atoms with Gasteiger partial charge in [-0.25, -0.2) is 8.42 Å². The third-order valence-electron chi connectivity index (χ3n) is 6.53. The maximum absolute atomic E-state index is 12.7. The number of nitrogen functional groups attached to an aromatic ring is 1. The number of fused-ring (bicyclic) bond motifs is 1. The highest BCUT2D eigenvalue weighted by atomic mass is 32.2. The molecule has 10 nitrogen and oxygen atoms in total. The Morgan fingerprint density at radius 3 is 2.34 bits per heavy atom. The fourth-order valence-electron chi connectivity index (χ4n) is 4.37. The van der Waals surface area contributed by atoms with Gasteiger partial charge in [-0.1, -0.05) is 0 Å². The van der Waals surface area contributed by atoms with Crippen molar-refractivity contribution in [3.63, 3.8) is 0 Å². The molecule has 11 heteroatoms. The maximum Gasteiger partial charge on any atom is 0.261 e. The van der Waals surface area contributed by atoms with Crippen molar-refractivity contribution >= 4 is 43.9 Å². The van der Waals surface area contributed by atoms with E-state index in [9.17, 15) is 13.2 Å². The highest BCUT2D eigenvalue weighted by Gasteiger charge is 2.22. The van der Waals surface area contributed by atoms with Gasteiger partial charge in [-0.3, -0.25) is 9.52 Å². The molecule has 0 bridgehead atoms. The van der Waals surface area contributed by atoms with Gasteiger partial charge >= 0.3 is 0 Å². The van der Waals surface area contributed by atoms with Crippen molar-refractivity contribution in [2.24, 2.45) is 0 Å². The van der Waals surface area contributed by atoms with E-state index in [2.05, 4.69) is 14.6 Å². The molecule has 1 aliphatic rings. The number of nitrogens with zero attached hydrogens (tertiary/aromatic N) is 2. The van der Waals surface area contributed by atoms with Gasteiger partial charge in [-0.05, 0) is 66.7 Å². The molecule has 0 atom stereocenters. The summed E-state index contributed by atoms with van der Waals surface area (Å²) >= 11 is 0. The molecular weight excluding hydrogens is 506 g/mol. The Morgan fingerprint density at radius 1 is 0.974 bits per heavy atom. The Hall–Kier alpha value is -4.38. The summed E-state index contributed by atoms with van der Waals surface area (Å²) in [6.45, 7) is 2.41. The Balaban J connectivity index is 1.12. The lowest BCUT2D eigenvalue weighted by Crippen LogP contribution is -2.50. The zero-order valence-electron chi connectivity index (χ0n) is 20.9. The topological polar surface area (TPSA) is 130 Å². The molecule has 3 aromatic carbocycles. The number of amides is 1. The molecule has 5 rings (SSSR count). The van der Waals surface area contributed by atoms with Gasteiger partial charge in [0.1, 0.15) is 11.5 Å². The van der Waals surface area contributed by atoms with Crippen molar-refractivity contribution in [3.8, 4) is 11.5 Å². The van der Waals surface area contributed by atoms with Crippen LogP contribution in [0.1, 0.15) is 0 Å². The average Bonchev–Trinajstić information content (AvgIpc) is 3.32. The van der Waals surface area contributed by atoms with E-state index < -0.39 is 10.0 Å². The Bertz CT molecular complexity index is 1530. The minimum atomic E-state index is -3.71. The first-order valence-electron chi connectivity index (χ1n) is 12.1. The Kier molecular flexibility index (Phi) is 7.01. The van der Waals surface area contributed by atoms with E-state index in [1.165, 1.54) is 19.2 Å². The van der Waals surface area contributed by atoms with Crippen LogP contribution < -0.4 is 24.8 Å². The van der Waals surface area contributed by atoms with Crippen LogP contribution in [0.15, 0.2) is 77.8 Å². The van der Waals surface area contributed by atoms with Gasteiger partial charge in [0.25, 0.3) is 15.9 Å². The van der Waals surface area contributed by atoms with Gasteiger partial charge in [0.05, 0.1) is 17.7 Å². The second-order valence-corrected chi connectivity index (χ2v) is 10.6. The molecule has 0 saturated carbocycles. The number of aromatic amines is 1. The summed E-state index contributed by atoms with van der Waals surface area (Å²) in [5, 5.41) is 0.864. The monoisotopic (exact) mass is 535 g/mol. The number of rotatable bonds is 8. The summed E-state index contributed by atoms with van der Waals surface area (Å²) in [6.07, 6.45) is 1.73. The van der Waals surface area contributed by atoms with Gasteiger partial charge in [0, 0.05) is 54.7 Å². The lowest BCUT2D eigenvalue weighted by Gasteiger charge is -2.36. The number of hydrogen-bond donors (Lipinski definition) is 3. The third-order valence-corrected chi connectivity index (χ3v) is 7.93. The van der Waals surface area contributed by atoms with E-state index in [-0.39, 0.29) is 17.4 Å². The molecule has 0 radical (unpaired) electrons. The number of hydrogen-bond acceptors (Lipinski definition) is 7. The highest BCUT2D eigenvalue weighted by Crippen LogP contribution is 2.26. The first-order chi connectivity index (χ1) is 18.3. The van der Waals surface area contributed by atoms with Crippen LogP contribution in [-0.2, 0) is 14.8 Å². The van der Waals surface area contributed by atoms with Crippen LogP contribution in [0.4, 0.5) is 17.1 Å². The second-order valence-electron chi connectivity index (χ2n) is 8.94. The first kappa shape index (κ1) is 25.3. The summed E-state index contributed by atoms with van der Waals surface area (Å²) < 4.78 is 38.8. The highest BCUT2D eigenvalue weighted by molar-refractivity contribution is 7.92. The number of aromatic nitrogens is 1. The molecule has 0 aliphatic carbocycles. The molecule has 4 aromatic rings. The van der Waals surface area contributed by atoms with E-state index in [0.717, 1.165) is 16.6 Å². The summed E-state index contributed by atoms with van der Waals surface area (Å²) in [5.41, 5.74) is 8.92. The first-order valence-corrected chi connectivity index (χ1v) is 13.6. The number of anilines is 3. The number of sulfonamides is 1. The minimum absolute atomic E-state index is 0.0428. The SMILES string of the molecule is COc1ccc(S(=O)(=O)Nc2ccc(N3CCN(C(=O)COc4ccc5[nH]cc(N)c5c4)CC3)cc2)cc1. The van der Waals surface area contributed by atoms with Crippen molar-refractivity contribution in [1.29, 1.82) is 0 Å². The summed E-state index contributed by atoms with van der Waals surface area (Å²) in [5.74, 6) is 1.11. The molecule has 1 aromatic heterocycles. The minimum Gasteiger partial charge on any atom is -0.497 e. The van der Waals surface area contributed by atoms with Crippen LogP contribution in [0.2, 0.25) is 0 Å². The number of nitrogens with two attached hydrogens (primary N) is 1. The molecule has 1 fully saturated rings. The van der Waals surface area contributed by atoms with E-state index in [0.29, 0.717) is 49.1 Å². The number of ether oxygens (including phenoxy) is 2. The maximum atomic E-state index is 12.7. The Labute approximate surface area is 221 Å². The lowest BCUT2D eigenvalue weighted by atomic mass is 10.2. The molecule has 4 N–H and O–H groups in total. The normalized spacial score (nSPS) is 13.9. The number of nitrogens with one attached hydrogen (secondary N) is 2. The molecule has 198 valence electrons. The predicted molar refractivity (Wildman–Crippen MR) is 147 cm³/mol. The van der Waals surface area contributed by atoms with Crippen molar-refractivity contribution in [2.75, 3.05) is 55.3 Å². The molecular formula is C27H29N5O5S. The number of benzene rings is 3. The summed E-state index contributed by atoms with van der Waals surface area (Å²) in [7, 11) is -2.18. The smallest absolute Gasteiger partial charge is 0.261 e. The fraction of sp³-hybridized carbons (Fsp3) is 0.222. The van der Waals surface area contributed by atoms with Crippen LogP contribution in [0, 0.1) is 0 Å². The van der Waals surface area contributed by atoms with Crippen molar-refractivity contribution < 1.29 is 22.7 Å². The van der Waals surface area contributed by atoms with Crippen LogP contribution in [0.3, 0.4) is 0 Å². The molecule has 1 amide bonds. The van der Waals surface area contributed by atoms with Gasteiger partial charge < -0.3 is 30.0 Å². The molecule has 0 spiro atoms. The number of methoxy groups -OCH3 is 1. The number of H-pyrrole nitrogens is 1.